The lowest BCUT2D eigenvalue weighted by atomic mass is 10.1. The predicted octanol–water partition coefficient (Wildman–Crippen LogP) is 1.23. The first kappa shape index (κ1) is 11.2. The number of methoxy groups -OCH3 is 1. The van der Waals surface area contributed by atoms with Gasteiger partial charge < -0.3 is 20.3 Å². The Balaban J connectivity index is 2.19. The molecule has 1 atom stereocenters. The van der Waals surface area contributed by atoms with Gasteiger partial charge in [-0.25, -0.2) is 0 Å². The van der Waals surface area contributed by atoms with E-state index in [2.05, 4.69) is 0 Å². The summed E-state index contributed by atoms with van der Waals surface area (Å²) in [5.74, 6) is 1.38. The number of hydrogen-bond donors (Lipinski definition) is 2. The minimum absolute atomic E-state index is 0.200. The molecule has 1 aromatic carbocycles. The summed E-state index contributed by atoms with van der Waals surface area (Å²) in [7, 11) is 1.59. The molecule has 0 saturated heterocycles. The van der Waals surface area contributed by atoms with Crippen molar-refractivity contribution < 1.29 is 14.6 Å². The smallest absolute Gasteiger partial charge is 0.161 e. The van der Waals surface area contributed by atoms with Gasteiger partial charge in [-0.15, -0.1) is 0 Å². The molecule has 4 nitrogen and oxygen atoms in total. The number of aliphatic hydroxyl groups is 1. The van der Waals surface area contributed by atoms with Crippen LogP contribution in [0.25, 0.3) is 0 Å². The van der Waals surface area contributed by atoms with E-state index in [-0.39, 0.29) is 6.54 Å². The third-order valence-corrected chi connectivity index (χ3v) is 2.61. The van der Waals surface area contributed by atoms with Crippen molar-refractivity contribution in [1.82, 2.24) is 0 Å². The maximum atomic E-state index is 9.61. The maximum Gasteiger partial charge on any atom is 0.161 e. The van der Waals surface area contributed by atoms with E-state index in [1.807, 2.05) is 12.1 Å². The molecule has 0 amide bonds. The Morgan fingerprint density at radius 3 is 2.75 bits per heavy atom. The van der Waals surface area contributed by atoms with E-state index in [4.69, 9.17) is 15.2 Å². The summed E-state index contributed by atoms with van der Waals surface area (Å²) in [6.45, 7) is 0.200. The molecule has 1 aliphatic rings. The largest absolute Gasteiger partial charge is 0.493 e. The molecule has 88 valence electrons. The zero-order chi connectivity index (χ0) is 11.5. The molecule has 0 spiro atoms. The Kier molecular flexibility index (Phi) is 3.31. The van der Waals surface area contributed by atoms with Crippen LogP contribution < -0.4 is 15.2 Å². The number of rotatable bonds is 5. The number of ether oxygens (including phenoxy) is 2. The normalized spacial score (nSPS) is 16.9. The van der Waals surface area contributed by atoms with Gasteiger partial charge in [0.2, 0.25) is 0 Å². The Hall–Kier alpha value is -1.26. The van der Waals surface area contributed by atoms with Crippen LogP contribution in [0, 0.1) is 0 Å². The van der Waals surface area contributed by atoms with Crippen molar-refractivity contribution in [3.63, 3.8) is 0 Å². The lowest BCUT2D eigenvalue weighted by Crippen LogP contribution is -2.11. The van der Waals surface area contributed by atoms with Gasteiger partial charge in [0.25, 0.3) is 0 Å². The molecule has 4 heteroatoms. The van der Waals surface area contributed by atoms with Crippen LogP contribution in [0.3, 0.4) is 0 Å². The van der Waals surface area contributed by atoms with Gasteiger partial charge in [-0.1, -0.05) is 6.07 Å². The molecule has 2 rings (SSSR count). The highest BCUT2D eigenvalue weighted by Crippen LogP contribution is 2.35. The molecular weight excluding hydrogens is 206 g/mol. The summed E-state index contributed by atoms with van der Waals surface area (Å²) in [4.78, 5) is 0. The summed E-state index contributed by atoms with van der Waals surface area (Å²) >= 11 is 0. The summed E-state index contributed by atoms with van der Waals surface area (Å²) in [6, 6.07) is 5.42. The Bertz CT molecular complexity index is 363. The topological polar surface area (TPSA) is 64.7 Å². The van der Waals surface area contributed by atoms with E-state index in [9.17, 15) is 5.11 Å². The summed E-state index contributed by atoms with van der Waals surface area (Å²) in [6.07, 6.45) is 1.90. The summed E-state index contributed by atoms with van der Waals surface area (Å²) in [5.41, 5.74) is 6.15. The number of hydrogen-bond acceptors (Lipinski definition) is 4. The van der Waals surface area contributed by atoms with Crippen LogP contribution >= 0.6 is 0 Å². The minimum atomic E-state index is -0.649. The highest BCUT2D eigenvalue weighted by Gasteiger charge is 2.25. The number of nitrogens with two attached hydrogens (primary N) is 1. The van der Waals surface area contributed by atoms with Crippen molar-refractivity contribution in [3.8, 4) is 11.5 Å². The third kappa shape index (κ3) is 2.46. The first-order valence-electron chi connectivity index (χ1n) is 5.47. The average molecular weight is 223 g/mol. The molecule has 0 heterocycles. The lowest BCUT2D eigenvalue weighted by Gasteiger charge is -2.13. The molecule has 1 aromatic rings. The third-order valence-electron chi connectivity index (χ3n) is 2.61. The van der Waals surface area contributed by atoms with Crippen molar-refractivity contribution in [3.05, 3.63) is 23.8 Å². The summed E-state index contributed by atoms with van der Waals surface area (Å²) in [5, 5.41) is 9.61. The van der Waals surface area contributed by atoms with E-state index in [1.165, 1.54) is 0 Å². The molecule has 0 aliphatic heterocycles. The van der Waals surface area contributed by atoms with Crippen LogP contribution in [0.2, 0.25) is 0 Å². The van der Waals surface area contributed by atoms with Crippen LogP contribution in [0.4, 0.5) is 0 Å². The van der Waals surface area contributed by atoms with E-state index >= 15 is 0 Å². The molecule has 16 heavy (non-hydrogen) atoms. The van der Waals surface area contributed by atoms with E-state index in [0.29, 0.717) is 11.9 Å². The molecule has 0 radical (unpaired) electrons. The van der Waals surface area contributed by atoms with Crippen molar-refractivity contribution in [2.75, 3.05) is 13.7 Å². The van der Waals surface area contributed by atoms with Crippen LogP contribution in [0.15, 0.2) is 18.2 Å². The second-order valence-corrected chi connectivity index (χ2v) is 3.98. The Labute approximate surface area is 95.0 Å². The highest BCUT2D eigenvalue weighted by atomic mass is 16.5. The van der Waals surface area contributed by atoms with E-state index in [1.54, 1.807) is 13.2 Å². The van der Waals surface area contributed by atoms with Crippen molar-refractivity contribution in [2.45, 2.75) is 25.0 Å². The van der Waals surface area contributed by atoms with Gasteiger partial charge in [0.15, 0.2) is 11.5 Å². The Morgan fingerprint density at radius 2 is 2.19 bits per heavy atom. The quantitative estimate of drug-likeness (QED) is 0.788. The van der Waals surface area contributed by atoms with Crippen LogP contribution in [0.1, 0.15) is 24.5 Å². The average Bonchev–Trinajstić information content (AvgIpc) is 3.12. The molecule has 1 unspecified atom stereocenters. The molecule has 1 fully saturated rings. The lowest BCUT2D eigenvalue weighted by molar-refractivity contribution is 0.186. The zero-order valence-corrected chi connectivity index (χ0v) is 9.35. The highest BCUT2D eigenvalue weighted by molar-refractivity contribution is 5.44. The van der Waals surface area contributed by atoms with Crippen LogP contribution in [-0.4, -0.2) is 24.9 Å². The predicted molar refractivity (Wildman–Crippen MR) is 60.7 cm³/mol. The molecule has 0 aromatic heterocycles. The fourth-order valence-electron chi connectivity index (χ4n) is 1.49. The summed E-state index contributed by atoms with van der Waals surface area (Å²) < 4.78 is 10.9. The van der Waals surface area contributed by atoms with Gasteiger partial charge in [-0.3, -0.25) is 0 Å². The molecule has 1 aliphatic carbocycles. The van der Waals surface area contributed by atoms with Gasteiger partial charge in [0.05, 0.1) is 19.3 Å². The maximum absolute atomic E-state index is 9.61. The van der Waals surface area contributed by atoms with Gasteiger partial charge >= 0.3 is 0 Å². The standard InChI is InChI=1S/C12H17NO3/c1-15-12-6-8(10(14)7-13)2-5-11(12)16-9-3-4-9/h2,5-6,9-10,14H,3-4,7,13H2,1H3. The second-order valence-electron chi connectivity index (χ2n) is 3.98. The first-order valence-corrected chi connectivity index (χ1v) is 5.47. The van der Waals surface area contributed by atoms with Crippen LogP contribution in [0.5, 0.6) is 11.5 Å². The van der Waals surface area contributed by atoms with E-state index in [0.717, 1.165) is 24.2 Å². The number of benzene rings is 1. The Morgan fingerprint density at radius 1 is 1.44 bits per heavy atom. The van der Waals surface area contributed by atoms with E-state index < -0.39 is 6.10 Å². The second kappa shape index (κ2) is 4.72. The molecule has 1 saturated carbocycles. The fraction of sp³-hybridized carbons (Fsp3) is 0.500. The molecule has 3 N–H and O–H groups in total. The van der Waals surface area contributed by atoms with Gasteiger partial charge in [0.1, 0.15) is 0 Å². The van der Waals surface area contributed by atoms with Crippen molar-refractivity contribution >= 4 is 0 Å². The monoisotopic (exact) mass is 223 g/mol. The SMILES string of the molecule is COc1cc(C(O)CN)ccc1OC1CC1. The van der Waals surface area contributed by atoms with Crippen molar-refractivity contribution in [2.24, 2.45) is 5.73 Å². The van der Waals surface area contributed by atoms with Crippen LogP contribution in [-0.2, 0) is 0 Å². The van der Waals surface area contributed by atoms with Gasteiger partial charge in [-0.05, 0) is 30.5 Å². The zero-order valence-electron chi connectivity index (χ0n) is 9.35. The molecule has 0 bridgehead atoms. The van der Waals surface area contributed by atoms with Crippen molar-refractivity contribution in [1.29, 1.82) is 0 Å². The minimum Gasteiger partial charge on any atom is -0.493 e. The first-order chi connectivity index (χ1) is 7.74. The molecular formula is C12H17NO3. The van der Waals surface area contributed by atoms with Gasteiger partial charge in [-0.2, -0.15) is 0 Å². The number of aliphatic hydroxyl groups excluding tert-OH is 1. The van der Waals surface area contributed by atoms with Gasteiger partial charge in [0, 0.05) is 6.54 Å². The fourth-order valence-corrected chi connectivity index (χ4v) is 1.49.